The fourth-order valence-corrected chi connectivity index (χ4v) is 4.33. The van der Waals surface area contributed by atoms with E-state index in [0.717, 1.165) is 56.5 Å². The first-order valence-electron chi connectivity index (χ1n) is 10.9. The van der Waals surface area contributed by atoms with Crippen molar-refractivity contribution in [3.8, 4) is 11.9 Å². The quantitative estimate of drug-likeness (QED) is 0.590. The predicted octanol–water partition coefficient (Wildman–Crippen LogP) is 3.93. The van der Waals surface area contributed by atoms with E-state index in [1.807, 2.05) is 19.1 Å². The number of unbranched alkanes of at least 4 members (excludes halogenated alkanes) is 3. The molecule has 0 atom stereocenters. The van der Waals surface area contributed by atoms with Crippen LogP contribution in [0.15, 0.2) is 16.9 Å². The number of nitrogens with zero attached hydrogens (tertiary/aromatic N) is 3. The highest BCUT2D eigenvalue weighted by Gasteiger charge is 2.14. The van der Waals surface area contributed by atoms with Crippen LogP contribution in [0.4, 0.5) is 5.00 Å². The summed E-state index contributed by atoms with van der Waals surface area (Å²) in [6, 6.07) is 6.12. The van der Waals surface area contributed by atoms with Gasteiger partial charge in [-0.2, -0.15) is 5.26 Å². The van der Waals surface area contributed by atoms with Crippen LogP contribution in [0.1, 0.15) is 69.7 Å². The third-order valence-corrected chi connectivity index (χ3v) is 6.30. The molecule has 0 saturated heterocycles. The van der Waals surface area contributed by atoms with E-state index in [2.05, 4.69) is 31.4 Å². The summed E-state index contributed by atoms with van der Waals surface area (Å²) in [6.45, 7) is 12.8. The van der Waals surface area contributed by atoms with Crippen LogP contribution in [0, 0.1) is 11.3 Å². The maximum Gasteiger partial charge on any atom is 0.261 e. The van der Waals surface area contributed by atoms with Gasteiger partial charge in [0.2, 0.25) is 5.88 Å². The SMILES string of the molecule is C=c1c(C#N)c(O)n(CCCC)c(=O)/c1=C\c1ccc(N(CCCC)CCCC)s1. The number of nitriles is 1. The van der Waals surface area contributed by atoms with Gasteiger partial charge in [-0.1, -0.05) is 46.6 Å². The second-order valence-corrected chi connectivity index (χ2v) is 8.62. The van der Waals surface area contributed by atoms with Crippen molar-refractivity contribution in [2.45, 2.75) is 65.8 Å². The molecular formula is C24H33N3O2S. The predicted molar refractivity (Wildman–Crippen MR) is 127 cm³/mol. The first kappa shape index (κ1) is 23.8. The molecule has 0 radical (unpaired) electrons. The van der Waals surface area contributed by atoms with Gasteiger partial charge >= 0.3 is 0 Å². The molecule has 162 valence electrons. The number of hydrogen-bond acceptors (Lipinski definition) is 5. The lowest BCUT2D eigenvalue weighted by atomic mass is 10.1. The minimum absolute atomic E-state index is 0.0706. The average molecular weight is 428 g/mol. The van der Waals surface area contributed by atoms with E-state index in [1.54, 1.807) is 17.4 Å². The summed E-state index contributed by atoms with van der Waals surface area (Å²) in [5, 5.41) is 21.7. The number of hydrogen-bond donors (Lipinski definition) is 1. The molecular weight excluding hydrogens is 394 g/mol. The van der Waals surface area contributed by atoms with Gasteiger partial charge in [0, 0.05) is 34.9 Å². The molecule has 1 N–H and O–H groups in total. The molecule has 30 heavy (non-hydrogen) atoms. The first-order chi connectivity index (χ1) is 14.5. The van der Waals surface area contributed by atoms with Crippen LogP contribution in [0.5, 0.6) is 5.88 Å². The summed E-state index contributed by atoms with van der Waals surface area (Å²) in [6.07, 6.45) is 8.04. The Morgan fingerprint density at radius 3 is 2.37 bits per heavy atom. The third kappa shape index (κ3) is 5.54. The second-order valence-electron chi connectivity index (χ2n) is 7.53. The first-order valence-corrected chi connectivity index (χ1v) is 11.7. The van der Waals surface area contributed by atoms with Crippen molar-refractivity contribution in [1.29, 1.82) is 5.26 Å². The standard InChI is InChI=1S/C24H33N3O2S/c1-5-8-13-26(14-9-6-2)22-12-11-19(30-22)16-20-18(4)21(17-25)24(29)27(23(20)28)15-10-7-3/h11-12,16,29H,4-10,13-15H2,1-3H3/b20-16-. The monoisotopic (exact) mass is 427 g/mol. The summed E-state index contributed by atoms with van der Waals surface area (Å²) >= 11 is 1.64. The highest BCUT2D eigenvalue weighted by Crippen LogP contribution is 2.27. The molecule has 0 aliphatic heterocycles. The van der Waals surface area contributed by atoms with E-state index in [-0.39, 0.29) is 22.2 Å². The Morgan fingerprint density at radius 2 is 1.80 bits per heavy atom. The molecule has 2 heterocycles. The van der Waals surface area contributed by atoms with Crippen molar-refractivity contribution in [1.82, 2.24) is 4.57 Å². The minimum Gasteiger partial charge on any atom is -0.493 e. The number of thiophene rings is 1. The Labute approximate surface area is 183 Å². The van der Waals surface area contributed by atoms with Crippen LogP contribution in [0.2, 0.25) is 0 Å². The minimum atomic E-state index is -0.297. The molecule has 0 aliphatic rings. The Hall–Kier alpha value is -2.52. The largest absolute Gasteiger partial charge is 0.493 e. The molecule has 0 unspecified atom stereocenters. The van der Waals surface area contributed by atoms with Crippen LogP contribution in [-0.4, -0.2) is 22.8 Å². The van der Waals surface area contributed by atoms with Crippen LogP contribution in [0.3, 0.4) is 0 Å². The van der Waals surface area contributed by atoms with E-state index in [4.69, 9.17) is 0 Å². The summed E-state index contributed by atoms with van der Waals surface area (Å²) < 4.78 is 1.30. The van der Waals surface area contributed by atoms with Gasteiger partial charge in [0.05, 0.1) is 5.00 Å². The molecule has 2 rings (SSSR count). The van der Waals surface area contributed by atoms with Gasteiger partial charge in [0.15, 0.2) is 0 Å². The van der Waals surface area contributed by atoms with E-state index in [1.165, 1.54) is 9.57 Å². The molecule has 0 fully saturated rings. The van der Waals surface area contributed by atoms with Crippen LogP contribution >= 0.6 is 11.3 Å². The highest BCUT2D eigenvalue weighted by atomic mass is 32.1. The number of aromatic nitrogens is 1. The Kier molecular flexibility index (Phi) is 9.19. The zero-order valence-corrected chi connectivity index (χ0v) is 19.2. The maximum atomic E-state index is 13.0. The summed E-state index contributed by atoms with van der Waals surface area (Å²) in [5.41, 5.74) is -0.227. The smallest absolute Gasteiger partial charge is 0.261 e. The van der Waals surface area contributed by atoms with Crippen molar-refractivity contribution in [2.24, 2.45) is 0 Å². The van der Waals surface area contributed by atoms with Crippen molar-refractivity contribution >= 4 is 29.0 Å². The second kappa shape index (κ2) is 11.6. The fourth-order valence-electron chi connectivity index (χ4n) is 3.33. The topological polar surface area (TPSA) is 69.3 Å². The average Bonchev–Trinajstić information content (AvgIpc) is 3.20. The lowest BCUT2D eigenvalue weighted by Crippen LogP contribution is -2.46. The molecule has 5 nitrogen and oxygen atoms in total. The number of anilines is 1. The molecule has 0 saturated carbocycles. The number of pyridine rings is 1. The van der Waals surface area contributed by atoms with E-state index in [9.17, 15) is 15.2 Å². The van der Waals surface area contributed by atoms with E-state index in [0.29, 0.717) is 11.8 Å². The van der Waals surface area contributed by atoms with Gasteiger partial charge in [0.1, 0.15) is 11.6 Å². The molecule has 2 aromatic heterocycles. The number of rotatable bonds is 11. The van der Waals surface area contributed by atoms with Gasteiger partial charge in [0.25, 0.3) is 5.56 Å². The lowest BCUT2D eigenvalue weighted by molar-refractivity contribution is 0.398. The molecule has 0 aliphatic carbocycles. The van der Waals surface area contributed by atoms with E-state index < -0.39 is 0 Å². The van der Waals surface area contributed by atoms with Crippen LogP contribution in [0.25, 0.3) is 12.7 Å². The van der Waals surface area contributed by atoms with Gasteiger partial charge < -0.3 is 10.0 Å². The summed E-state index contributed by atoms with van der Waals surface area (Å²) in [5.74, 6) is -0.282. The third-order valence-electron chi connectivity index (χ3n) is 5.20. The van der Waals surface area contributed by atoms with Crippen molar-refractivity contribution in [2.75, 3.05) is 18.0 Å². The van der Waals surface area contributed by atoms with Gasteiger partial charge in [-0.3, -0.25) is 9.36 Å². The van der Waals surface area contributed by atoms with Crippen LogP contribution < -0.4 is 20.9 Å². The van der Waals surface area contributed by atoms with Gasteiger partial charge in [-0.05, 0) is 37.5 Å². The van der Waals surface area contributed by atoms with Gasteiger partial charge in [-0.15, -0.1) is 11.3 Å². The Balaban J connectivity index is 2.52. The summed E-state index contributed by atoms with van der Waals surface area (Å²) in [7, 11) is 0. The molecule has 0 bridgehead atoms. The Morgan fingerprint density at radius 1 is 1.17 bits per heavy atom. The molecule has 0 amide bonds. The highest BCUT2D eigenvalue weighted by molar-refractivity contribution is 7.16. The summed E-state index contributed by atoms with van der Waals surface area (Å²) in [4.78, 5) is 16.4. The van der Waals surface area contributed by atoms with Gasteiger partial charge in [-0.25, -0.2) is 0 Å². The Bertz CT molecular complexity index is 1040. The van der Waals surface area contributed by atoms with E-state index >= 15 is 0 Å². The maximum absolute atomic E-state index is 13.0. The fraction of sp³-hybridized carbons (Fsp3) is 0.500. The van der Waals surface area contributed by atoms with Crippen molar-refractivity contribution < 1.29 is 5.11 Å². The zero-order valence-electron chi connectivity index (χ0n) is 18.4. The normalized spacial score (nSPS) is 11.6. The number of aromatic hydroxyl groups is 1. The van der Waals surface area contributed by atoms with Crippen molar-refractivity contribution in [3.05, 3.63) is 43.4 Å². The molecule has 6 heteroatoms. The zero-order chi connectivity index (χ0) is 22.1. The lowest BCUT2D eigenvalue weighted by Gasteiger charge is -2.22. The van der Waals surface area contributed by atoms with Crippen LogP contribution in [-0.2, 0) is 6.54 Å². The molecule has 0 aromatic carbocycles. The molecule has 0 spiro atoms. The molecule has 2 aromatic rings. The van der Waals surface area contributed by atoms with Crippen molar-refractivity contribution in [3.63, 3.8) is 0 Å².